The maximum Gasteiger partial charge on any atom is 0.337 e. The number of ether oxygens (including phenoxy) is 1. The van der Waals surface area contributed by atoms with Gasteiger partial charge in [-0.15, -0.1) is 0 Å². The molecule has 0 bridgehead atoms. The highest BCUT2D eigenvalue weighted by atomic mass is 16.5. The fourth-order valence-corrected chi connectivity index (χ4v) is 2.82. The molecule has 0 aliphatic rings. The van der Waals surface area contributed by atoms with E-state index in [1.54, 1.807) is 6.07 Å². The van der Waals surface area contributed by atoms with Crippen molar-refractivity contribution in [2.24, 2.45) is 0 Å². The minimum atomic E-state index is -1.14. The topological polar surface area (TPSA) is 75.6 Å². The molecule has 5 nitrogen and oxygen atoms in total. The highest BCUT2D eigenvalue weighted by molar-refractivity contribution is 6.07. The number of carboxylic acid groups (broad SMARTS) is 1. The minimum absolute atomic E-state index is 0.0283. The standard InChI is InChI=1S/C22H19NO4/c1-14(16-8-7-15-5-3-4-6-17(15)12-16)11-21(24)23-20-10-9-18(27-2)13-19(20)22(25)26/h3-13H,1-2H3,(H,23,24)(H,25,26). The van der Waals surface area contributed by atoms with Crippen LogP contribution in [0, 0.1) is 0 Å². The average molecular weight is 361 g/mol. The van der Waals surface area contributed by atoms with E-state index >= 15 is 0 Å². The number of amides is 1. The molecule has 0 aliphatic heterocycles. The van der Waals surface area contributed by atoms with Gasteiger partial charge in [-0.1, -0.05) is 36.4 Å². The molecule has 0 heterocycles. The van der Waals surface area contributed by atoms with Crippen LogP contribution in [0.4, 0.5) is 5.69 Å². The van der Waals surface area contributed by atoms with Crippen molar-refractivity contribution in [3.63, 3.8) is 0 Å². The second-order valence-corrected chi connectivity index (χ2v) is 6.10. The van der Waals surface area contributed by atoms with Gasteiger partial charge in [-0.25, -0.2) is 4.79 Å². The Hall–Kier alpha value is -3.60. The number of allylic oxidation sites excluding steroid dienone is 1. The predicted molar refractivity (Wildman–Crippen MR) is 106 cm³/mol. The summed E-state index contributed by atoms with van der Waals surface area (Å²) in [5, 5.41) is 14.2. The molecule has 0 aromatic heterocycles. The minimum Gasteiger partial charge on any atom is -0.497 e. The van der Waals surface area contributed by atoms with E-state index in [0.29, 0.717) is 5.75 Å². The van der Waals surface area contributed by atoms with E-state index in [2.05, 4.69) is 5.32 Å². The van der Waals surface area contributed by atoms with Crippen LogP contribution in [0.15, 0.2) is 66.7 Å². The molecule has 0 fully saturated rings. The summed E-state index contributed by atoms with van der Waals surface area (Å²) in [6.07, 6.45) is 1.46. The van der Waals surface area contributed by atoms with Gasteiger partial charge in [-0.05, 0) is 53.1 Å². The summed E-state index contributed by atoms with van der Waals surface area (Å²) in [6, 6.07) is 18.5. The molecular weight excluding hydrogens is 342 g/mol. The third-order valence-electron chi connectivity index (χ3n) is 4.27. The Morgan fingerprint density at radius 3 is 2.44 bits per heavy atom. The van der Waals surface area contributed by atoms with Gasteiger partial charge in [0, 0.05) is 6.08 Å². The number of anilines is 1. The monoisotopic (exact) mass is 361 g/mol. The smallest absolute Gasteiger partial charge is 0.337 e. The van der Waals surface area contributed by atoms with Gasteiger partial charge in [0.15, 0.2) is 0 Å². The molecular formula is C22H19NO4. The fourth-order valence-electron chi connectivity index (χ4n) is 2.82. The number of fused-ring (bicyclic) bond motifs is 1. The van der Waals surface area contributed by atoms with E-state index < -0.39 is 11.9 Å². The van der Waals surface area contributed by atoms with Gasteiger partial charge < -0.3 is 15.2 Å². The van der Waals surface area contributed by atoms with Gasteiger partial charge in [0.1, 0.15) is 5.75 Å². The Bertz CT molecular complexity index is 1050. The quantitative estimate of drug-likeness (QED) is 0.652. The maximum absolute atomic E-state index is 12.4. The zero-order chi connectivity index (χ0) is 19.4. The molecule has 3 aromatic rings. The van der Waals surface area contributed by atoms with Crippen molar-refractivity contribution in [3.8, 4) is 5.75 Å². The number of methoxy groups -OCH3 is 1. The first-order chi connectivity index (χ1) is 13.0. The molecule has 3 aromatic carbocycles. The molecule has 0 saturated carbocycles. The van der Waals surface area contributed by atoms with Crippen LogP contribution < -0.4 is 10.1 Å². The lowest BCUT2D eigenvalue weighted by Crippen LogP contribution is -2.12. The van der Waals surface area contributed by atoms with E-state index in [9.17, 15) is 14.7 Å². The Balaban J connectivity index is 1.84. The third-order valence-corrected chi connectivity index (χ3v) is 4.27. The van der Waals surface area contributed by atoms with Gasteiger partial charge in [-0.3, -0.25) is 4.79 Å². The van der Waals surface area contributed by atoms with Crippen LogP contribution >= 0.6 is 0 Å². The van der Waals surface area contributed by atoms with Gasteiger partial charge in [0.25, 0.3) is 0 Å². The number of aromatic carboxylic acids is 1. The molecule has 0 saturated heterocycles. The zero-order valence-electron chi connectivity index (χ0n) is 15.0. The van der Waals surface area contributed by atoms with Crippen molar-refractivity contribution in [2.45, 2.75) is 6.92 Å². The van der Waals surface area contributed by atoms with Gasteiger partial charge in [0.2, 0.25) is 5.91 Å². The van der Waals surface area contributed by atoms with Crippen molar-refractivity contribution >= 4 is 33.9 Å². The molecule has 0 unspecified atom stereocenters. The van der Waals surface area contributed by atoms with Gasteiger partial charge >= 0.3 is 5.97 Å². The average Bonchev–Trinajstić information content (AvgIpc) is 2.67. The largest absolute Gasteiger partial charge is 0.497 e. The van der Waals surface area contributed by atoms with Crippen molar-refractivity contribution in [2.75, 3.05) is 12.4 Å². The molecule has 3 rings (SSSR count). The van der Waals surface area contributed by atoms with Crippen LogP contribution in [0.5, 0.6) is 5.75 Å². The first-order valence-electron chi connectivity index (χ1n) is 8.37. The summed E-state index contributed by atoms with van der Waals surface area (Å²) in [7, 11) is 1.45. The number of carbonyl (C=O) groups excluding carboxylic acids is 1. The maximum atomic E-state index is 12.4. The lowest BCUT2D eigenvalue weighted by Gasteiger charge is -2.09. The summed E-state index contributed by atoms with van der Waals surface area (Å²) in [5.41, 5.74) is 1.90. The molecule has 1 amide bonds. The van der Waals surface area contributed by atoms with Crippen molar-refractivity contribution in [3.05, 3.63) is 77.9 Å². The van der Waals surface area contributed by atoms with E-state index in [1.165, 1.54) is 25.3 Å². The van der Waals surface area contributed by atoms with E-state index in [0.717, 1.165) is 21.9 Å². The number of nitrogens with one attached hydrogen (secondary N) is 1. The Labute approximate surface area is 156 Å². The molecule has 5 heteroatoms. The fraction of sp³-hybridized carbons (Fsp3) is 0.0909. The van der Waals surface area contributed by atoms with E-state index in [4.69, 9.17) is 4.74 Å². The molecule has 0 aliphatic carbocycles. The van der Waals surface area contributed by atoms with Crippen molar-refractivity contribution < 1.29 is 19.4 Å². The molecule has 27 heavy (non-hydrogen) atoms. The Kier molecular flexibility index (Phi) is 5.22. The molecule has 0 atom stereocenters. The summed E-state index contributed by atoms with van der Waals surface area (Å²) >= 11 is 0. The van der Waals surface area contributed by atoms with Crippen LogP contribution in [0.25, 0.3) is 16.3 Å². The molecule has 2 N–H and O–H groups in total. The first kappa shape index (κ1) is 18.2. The number of benzene rings is 3. The van der Waals surface area contributed by atoms with E-state index in [-0.39, 0.29) is 11.3 Å². The Morgan fingerprint density at radius 2 is 1.74 bits per heavy atom. The SMILES string of the molecule is COc1ccc(NC(=O)C=C(C)c2ccc3ccccc3c2)c(C(=O)O)c1. The molecule has 136 valence electrons. The first-order valence-corrected chi connectivity index (χ1v) is 8.37. The number of rotatable bonds is 5. The van der Waals surface area contributed by atoms with Gasteiger partial charge in [-0.2, -0.15) is 0 Å². The molecule has 0 spiro atoms. The van der Waals surface area contributed by atoms with Crippen molar-refractivity contribution in [1.29, 1.82) is 0 Å². The van der Waals surface area contributed by atoms with Crippen LogP contribution in [-0.2, 0) is 4.79 Å². The number of carboxylic acids is 1. The lowest BCUT2D eigenvalue weighted by atomic mass is 10.0. The van der Waals surface area contributed by atoms with Crippen molar-refractivity contribution in [1.82, 2.24) is 0 Å². The number of carbonyl (C=O) groups is 2. The van der Waals surface area contributed by atoms with Crippen LogP contribution in [0.1, 0.15) is 22.8 Å². The van der Waals surface area contributed by atoms with Crippen LogP contribution in [0.3, 0.4) is 0 Å². The zero-order valence-corrected chi connectivity index (χ0v) is 15.0. The third kappa shape index (κ3) is 4.15. The summed E-state index contributed by atoms with van der Waals surface area (Å²) in [4.78, 5) is 23.8. The normalized spacial score (nSPS) is 11.3. The second kappa shape index (κ2) is 7.74. The summed E-state index contributed by atoms with van der Waals surface area (Å²) in [6.45, 7) is 1.84. The summed E-state index contributed by atoms with van der Waals surface area (Å²) in [5.74, 6) is -1.12. The van der Waals surface area contributed by atoms with E-state index in [1.807, 2.05) is 49.4 Å². The Morgan fingerprint density at radius 1 is 1.00 bits per heavy atom. The van der Waals surface area contributed by atoms with Gasteiger partial charge in [0.05, 0.1) is 18.4 Å². The predicted octanol–water partition coefficient (Wildman–Crippen LogP) is 4.59. The van der Waals surface area contributed by atoms with Crippen LogP contribution in [0.2, 0.25) is 0 Å². The van der Waals surface area contributed by atoms with Crippen LogP contribution in [-0.4, -0.2) is 24.1 Å². The lowest BCUT2D eigenvalue weighted by molar-refractivity contribution is -0.111. The highest BCUT2D eigenvalue weighted by Crippen LogP contribution is 2.24. The highest BCUT2D eigenvalue weighted by Gasteiger charge is 2.13. The number of hydrogen-bond donors (Lipinski definition) is 2. The summed E-state index contributed by atoms with van der Waals surface area (Å²) < 4.78 is 5.03. The molecule has 0 radical (unpaired) electrons. The second-order valence-electron chi connectivity index (χ2n) is 6.10. The number of hydrogen-bond acceptors (Lipinski definition) is 3.